The van der Waals surface area contributed by atoms with E-state index in [1.54, 1.807) is 0 Å². The van der Waals surface area contributed by atoms with Gasteiger partial charge >= 0.3 is 0 Å². The standard InChI is InChI=1S/C24H25FN4S/c25-17-11-13-18(14-12-17)28-16-6-10-21(28)23-22(20-9-4-5-15-26-20)27-24(30)29(23)19-7-2-1-3-8-19/h4-6,9-16,19,22-23H,1-3,7-8H2,(H,27,30). The van der Waals surface area contributed by atoms with Gasteiger partial charge < -0.3 is 14.8 Å². The minimum absolute atomic E-state index is 0.0237. The van der Waals surface area contributed by atoms with Crippen molar-refractivity contribution < 1.29 is 4.39 Å². The van der Waals surface area contributed by atoms with Gasteiger partial charge in [0.15, 0.2) is 5.11 Å². The van der Waals surface area contributed by atoms with Crippen LogP contribution in [0.1, 0.15) is 55.6 Å². The van der Waals surface area contributed by atoms with E-state index in [0.29, 0.717) is 6.04 Å². The normalized spacial score (nSPS) is 22.3. The maximum Gasteiger partial charge on any atom is 0.170 e. The van der Waals surface area contributed by atoms with E-state index >= 15 is 0 Å². The fraction of sp³-hybridized carbons (Fsp3) is 0.333. The molecule has 1 aromatic carbocycles. The first-order valence-electron chi connectivity index (χ1n) is 10.7. The monoisotopic (exact) mass is 420 g/mol. The molecule has 2 aliphatic rings. The molecule has 4 nitrogen and oxygen atoms in total. The summed E-state index contributed by atoms with van der Waals surface area (Å²) in [5.41, 5.74) is 3.06. The second-order valence-electron chi connectivity index (χ2n) is 8.11. The van der Waals surface area contributed by atoms with Crippen LogP contribution in [0.4, 0.5) is 4.39 Å². The van der Waals surface area contributed by atoms with Crippen LogP contribution >= 0.6 is 12.2 Å². The third-order valence-corrected chi connectivity index (χ3v) is 6.62. The van der Waals surface area contributed by atoms with E-state index in [0.717, 1.165) is 35.0 Å². The van der Waals surface area contributed by atoms with E-state index in [2.05, 4.69) is 38.0 Å². The number of pyridine rings is 1. The highest BCUT2D eigenvalue weighted by atomic mass is 32.1. The molecule has 1 aliphatic heterocycles. The Morgan fingerprint density at radius 3 is 2.50 bits per heavy atom. The second-order valence-corrected chi connectivity index (χ2v) is 8.49. The Kier molecular flexibility index (Phi) is 5.25. The van der Waals surface area contributed by atoms with Crippen LogP contribution in [0.2, 0.25) is 0 Å². The molecule has 2 atom stereocenters. The van der Waals surface area contributed by atoms with Crippen molar-refractivity contribution in [2.24, 2.45) is 0 Å². The molecule has 0 amide bonds. The van der Waals surface area contributed by atoms with Gasteiger partial charge in [-0.1, -0.05) is 25.3 Å². The molecule has 0 spiro atoms. The van der Waals surface area contributed by atoms with Crippen molar-refractivity contribution in [1.29, 1.82) is 0 Å². The van der Waals surface area contributed by atoms with Crippen LogP contribution in [-0.4, -0.2) is 25.6 Å². The van der Waals surface area contributed by atoms with Gasteiger partial charge in [-0.3, -0.25) is 4.98 Å². The highest BCUT2D eigenvalue weighted by molar-refractivity contribution is 7.80. The van der Waals surface area contributed by atoms with Crippen molar-refractivity contribution in [3.05, 3.63) is 84.2 Å². The van der Waals surface area contributed by atoms with Crippen LogP contribution in [0, 0.1) is 5.82 Å². The fourth-order valence-electron chi connectivity index (χ4n) is 4.91. The summed E-state index contributed by atoms with van der Waals surface area (Å²) in [7, 11) is 0. The Labute approximate surface area is 181 Å². The van der Waals surface area contributed by atoms with Gasteiger partial charge in [-0.2, -0.15) is 0 Å². The second kappa shape index (κ2) is 8.19. The van der Waals surface area contributed by atoms with E-state index in [1.165, 1.54) is 31.4 Å². The lowest BCUT2D eigenvalue weighted by Crippen LogP contribution is -2.40. The number of hydrogen-bond acceptors (Lipinski definition) is 2. The summed E-state index contributed by atoms with van der Waals surface area (Å²) in [6, 6.07) is 17.3. The van der Waals surface area contributed by atoms with Gasteiger partial charge in [-0.25, -0.2) is 4.39 Å². The Bertz CT molecular complexity index is 1010. The van der Waals surface area contributed by atoms with Gasteiger partial charge in [0.1, 0.15) is 5.82 Å². The van der Waals surface area contributed by atoms with E-state index in [4.69, 9.17) is 12.2 Å². The third kappa shape index (κ3) is 3.49. The Morgan fingerprint density at radius 1 is 0.967 bits per heavy atom. The number of nitrogens with zero attached hydrogens (tertiary/aromatic N) is 3. The van der Waals surface area contributed by atoms with E-state index < -0.39 is 0 Å². The number of nitrogens with one attached hydrogen (secondary N) is 1. The van der Waals surface area contributed by atoms with Gasteiger partial charge in [0.05, 0.1) is 17.8 Å². The van der Waals surface area contributed by atoms with Crippen molar-refractivity contribution in [2.45, 2.75) is 50.2 Å². The van der Waals surface area contributed by atoms with Gasteiger partial charge in [0.2, 0.25) is 0 Å². The molecule has 6 heteroatoms. The Hall–Kier alpha value is -2.73. The van der Waals surface area contributed by atoms with Gasteiger partial charge in [-0.15, -0.1) is 0 Å². The minimum atomic E-state index is -0.230. The number of rotatable bonds is 4. The van der Waals surface area contributed by atoms with Crippen LogP contribution in [0.3, 0.4) is 0 Å². The van der Waals surface area contributed by atoms with Crippen molar-refractivity contribution in [3.8, 4) is 5.69 Å². The molecule has 3 aromatic rings. The molecule has 2 fully saturated rings. The number of halogens is 1. The topological polar surface area (TPSA) is 33.1 Å². The van der Waals surface area contributed by atoms with E-state index in [-0.39, 0.29) is 17.9 Å². The molecule has 2 unspecified atom stereocenters. The SMILES string of the molecule is Fc1ccc(-n2cccc2C2C(c3ccccn3)NC(=S)N2C2CCCCC2)cc1. The maximum atomic E-state index is 13.5. The molecule has 0 radical (unpaired) electrons. The number of hydrogen-bond donors (Lipinski definition) is 1. The van der Waals surface area contributed by atoms with Crippen LogP contribution in [0.15, 0.2) is 67.0 Å². The quantitative estimate of drug-likeness (QED) is 0.580. The third-order valence-electron chi connectivity index (χ3n) is 6.29. The zero-order chi connectivity index (χ0) is 20.5. The smallest absolute Gasteiger partial charge is 0.170 e. The van der Waals surface area contributed by atoms with Crippen molar-refractivity contribution >= 4 is 17.3 Å². The Balaban J connectivity index is 1.60. The molecule has 0 bridgehead atoms. The lowest BCUT2D eigenvalue weighted by atomic mass is 9.92. The fourth-order valence-corrected chi connectivity index (χ4v) is 5.30. The Morgan fingerprint density at radius 2 is 1.77 bits per heavy atom. The molecule has 154 valence electrons. The summed E-state index contributed by atoms with van der Waals surface area (Å²) >= 11 is 5.85. The molecule has 1 N–H and O–H groups in total. The minimum Gasteiger partial charge on any atom is -0.352 e. The molecule has 30 heavy (non-hydrogen) atoms. The van der Waals surface area contributed by atoms with Crippen molar-refractivity contribution in [1.82, 2.24) is 19.8 Å². The lowest BCUT2D eigenvalue weighted by molar-refractivity contribution is 0.193. The first kappa shape index (κ1) is 19.2. The number of aromatic nitrogens is 2. The average molecular weight is 421 g/mol. The predicted octanol–water partition coefficient (Wildman–Crippen LogP) is 5.32. The molecule has 1 saturated carbocycles. The van der Waals surface area contributed by atoms with Crippen LogP contribution in [0.5, 0.6) is 0 Å². The summed E-state index contributed by atoms with van der Waals surface area (Å²) in [6.07, 6.45) is 9.96. The molecule has 5 rings (SSSR count). The van der Waals surface area contributed by atoms with Crippen LogP contribution in [0.25, 0.3) is 5.69 Å². The summed E-state index contributed by atoms with van der Waals surface area (Å²) in [4.78, 5) is 7.05. The van der Waals surface area contributed by atoms with Gasteiger partial charge in [0, 0.05) is 29.8 Å². The van der Waals surface area contributed by atoms with E-state index in [9.17, 15) is 4.39 Å². The number of benzene rings is 1. The highest BCUT2D eigenvalue weighted by Gasteiger charge is 2.44. The molecule has 3 heterocycles. The van der Waals surface area contributed by atoms with Gasteiger partial charge in [-0.05, 0) is 73.6 Å². The van der Waals surface area contributed by atoms with Crippen molar-refractivity contribution in [3.63, 3.8) is 0 Å². The largest absolute Gasteiger partial charge is 0.352 e. The van der Waals surface area contributed by atoms with Gasteiger partial charge in [0.25, 0.3) is 0 Å². The van der Waals surface area contributed by atoms with Crippen LogP contribution in [-0.2, 0) is 0 Å². The zero-order valence-electron chi connectivity index (χ0n) is 16.7. The first-order chi connectivity index (χ1) is 14.7. The summed E-state index contributed by atoms with van der Waals surface area (Å²) in [6.45, 7) is 0. The molecular formula is C24H25FN4S. The first-order valence-corrected chi connectivity index (χ1v) is 11.1. The lowest BCUT2D eigenvalue weighted by Gasteiger charge is -2.37. The number of thiocarbonyl (C=S) groups is 1. The summed E-state index contributed by atoms with van der Waals surface area (Å²) in [5.74, 6) is -0.230. The summed E-state index contributed by atoms with van der Waals surface area (Å²) in [5, 5.41) is 4.37. The predicted molar refractivity (Wildman–Crippen MR) is 120 cm³/mol. The molecule has 1 aliphatic carbocycles. The van der Waals surface area contributed by atoms with Crippen molar-refractivity contribution in [2.75, 3.05) is 0 Å². The highest BCUT2D eigenvalue weighted by Crippen LogP contribution is 2.43. The average Bonchev–Trinajstić information content (AvgIpc) is 3.40. The van der Waals surface area contributed by atoms with Crippen LogP contribution < -0.4 is 5.32 Å². The summed E-state index contributed by atoms with van der Waals surface area (Å²) < 4.78 is 15.7. The maximum absolute atomic E-state index is 13.5. The molecule has 2 aromatic heterocycles. The zero-order valence-corrected chi connectivity index (χ0v) is 17.6. The molecule has 1 saturated heterocycles. The molecular weight excluding hydrogens is 395 g/mol. The van der Waals surface area contributed by atoms with E-state index in [1.807, 2.05) is 36.7 Å².